The van der Waals surface area contributed by atoms with Crippen molar-refractivity contribution in [1.82, 2.24) is 5.32 Å². The summed E-state index contributed by atoms with van der Waals surface area (Å²) in [5, 5.41) is 12.0. The molecule has 1 saturated carbocycles. The van der Waals surface area contributed by atoms with E-state index in [2.05, 4.69) is 19.2 Å². The monoisotopic (exact) mass is 199 g/mol. The number of carboxylic acids is 1. The largest absolute Gasteiger partial charge is 0.480 e. The second kappa shape index (κ2) is 4.30. The summed E-state index contributed by atoms with van der Waals surface area (Å²) < 4.78 is 0. The molecular weight excluding hydrogens is 178 g/mol. The van der Waals surface area contributed by atoms with Gasteiger partial charge in [0.15, 0.2) is 0 Å². The van der Waals surface area contributed by atoms with E-state index in [9.17, 15) is 4.79 Å². The van der Waals surface area contributed by atoms with Gasteiger partial charge in [0.05, 0.1) is 0 Å². The molecule has 0 saturated heterocycles. The first-order valence-electron chi connectivity index (χ1n) is 5.42. The van der Waals surface area contributed by atoms with Gasteiger partial charge in [0.25, 0.3) is 0 Å². The Morgan fingerprint density at radius 1 is 1.50 bits per heavy atom. The van der Waals surface area contributed by atoms with Gasteiger partial charge in [-0.1, -0.05) is 26.7 Å². The second-order valence-corrected chi connectivity index (χ2v) is 5.01. The fourth-order valence-corrected chi connectivity index (χ4v) is 2.18. The van der Waals surface area contributed by atoms with Gasteiger partial charge in [-0.3, -0.25) is 4.79 Å². The number of rotatable bonds is 3. The predicted octanol–water partition coefficient (Wildman–Crippen LogP) is 2.02. The van der Waals surface area contributed by atoms with E-state index in [4.69, 9.17) is 5.11 Å². The standard InChI is InChI=1S/C11H21NO2/c1-8(10(13)14)12-9-6-4-5-7-11(9,2)3/h8-9,12H,4-7H2,1-3H3,(H,13,14)/t8-,9?/m0/s1. The summed E-state index contributed by atoms with van der Waals surface area (Å²) in [5.74, 6) is -0.758. The van der Waals surface area contributed by atoms with Crippen LogP contribution in [0.4, 0.5) is 0 Å². The smallest absolute Gasteiger partial charge is 0.320 e. The Kier molecular flexibility index (Phi) is 3.53. The van der Waals surface area contributed by atoms with Crippen molar-refractivity contribution in [3.8, 4) is 0 Å². The van der Waals surface area contributed by atoms with Crippen LogP contribution >= 0.6 is 0 Å². The summed E-state index contributed by atoms with van der Waals surface area (Å²) in [6.07, 6.45) is 4.78. The van der Waals surface area contributed by atoms with Crippen molar-refractivity contribution in [2.75, 3.05) is 0 Å². The topological polar surface area (TPSA) is 49.3 Å². The molecule has 1 fully saturated rings. The van der Waals surface area contributed by atoms with E-state index in [0.29, 0.717) is 6.04 Å². The van der Waals surface area contributed by atoms with E-state index in [0.717, 1.165) is 6.42 Å². The molecule has 0 aromatic carbocycles. The van der Waals surface area contributed by atoms with Crippen LogP contribution in [0.2, 0.25) is 0 Å². The average molecular weight is 199 g/mol. The Labute approximate surface area is 85.9 Å². The number of hydrogen-bond donors (Lipinski definition) is 2. The lowest BCUT2D eigenvalue weighted by Crippen LogP contribution is -2.50. The van der Waals surface area contributed by atoms with Crippen LogP contribution in [0.5, 0.6) is 0 Å². The Bertz CT molecular complexity index is 213. The Balaban J connectivity index is 2.53. The number of nitrogens with one attached hydrogen (secondary N) is 1. The van der Waals surface area contributed by atoms with Gasteiger partial charge >= 0.3 is 5.97 Å². The normalized spacial score (nSPS) is 28.4. The first kappa shape index (κ1) is 11.5. The minimum absolute atomic E-state index is 0.238. The molecule has 0 heterocycles. The molecule has 0 aromatic heterocycles. The maximum atomic E-state index is 10.7. The highest BCUT2D eigenvalue weighted by Gasteiger charge is 2.33. The minimum Gasteiger partial charge on any atom is -0.480 e. The second-order valence-electron chi connectivity index (χ2n) is 5.01. The molecule has 0 spiro atoms. The summed E-state index contributed by atoms with van der Waals surface area (Å²) in [7, 11) is 0. The molecule has 0 amide bonds. The van der Waals surface area contributed by atoms with Crippen molar-refractivity contribution in [3.05, 3.63) is 0 Å². The average Bonchev–Trinajstić information content (AvgIpc) is 2.08. The van der Waals surface area contributed by atoms with Gasteiger partial charge in [0.2, 0.25) is 0 Å². The van der Waals surface area contributed by atoms with Crippen LogP contribution in [0.3, 0.4) is 0 Å². The maximum absolute atomic E-state index is 10.7. The van der Waals surface area contributed by atoms with E-state index in [-0.39, 0.29) is 5.41 Å². The molecule has 14 heavy (non-hydrogen) atoms. The van der Waals surface area contributed by atoms with E-state index in [1.54, 1.807) is 6.92 Å². The Morgan fingerprint density at radius 2 is 2.14 bits per heavy atom. The lowest BCUT2D eigenvalue weighted by molar-refractivity contribution is -0.139. The molecule has 0 aromatic rings. The molecule has 2 N–H and O–H groups in total. The van der Waals surface area contributed by atoms with Crippen molar-refractivity contribution in [2.45, 2.75) is 58.5 Å². The van der Waals surface area contributed by atoms with Gasteiger partial charge in [-0.25, -0.2) is 0 Å². The highest BCUT2D eigenvalue weighted by molar-refractivity contribution is 5.72. The lowest BCUT2D eigenvalue weighted by atomic mass is 9.73. The van der Waals surface area contributed by atoms with Gasteiger partial charge in [-0.05, 0) is 25.2 Å². The van der Waals surface area contributed by atoms with Crippen molar-refractivity contribution in [1.29, 1.82) is 0 Å². The van der Waals surface area contributed by atoms with E-state index < -0.39 is 12.0 Å². The van der Waals surface area contributed by atoms with Crippen LogP contribution in [-0.4, -0.2) is 23.2 Å². The van der Waals surface area contributed by atoms with E-state index in [1.165, 1.54) is 19.3 Å². The Hall–Kier alpha value is -0.570. The first-order valence-corrected chi connectivity index (χ1v) is 5.42. The van der Waals surface area contributed by atoms with Crippen LogP contribution in [0.15, 0.2) is 0 Å². The summed E-state index contributed by atoms with van der Waals surface area (Å²) >= 11 is 0. The van der Waals surface area contributed by atoms with Gasteiger partial charge in [-0.15, -0.1) is 0 Å². The van der Waals surface area contributed by atoms with Gasteiger partial charge < -0.3 is 10.4 Å². The summed E-state index contributed by atoms with van der Waals surface area (Å²) in [6.45, 7) is 6.16. The van der Waals surface area contributed by atoms with Crippen LogP contribution in [-0.2, 0) is 4.79 Å². The lowest BCUT2D eigenvalue weighted by Gasteiger charge is -2.40. The molecule has 1 unspecified atom stereocenters. The van der Waals surface area contributed by atoms with Crippen molar-refractivity contribution < 1.29 is 9.90 Å². The van der Waals surface area contributed by atoms with Crippen molar-refractivity contribution >= 4 is 5.97 Å². The zero-order valence-corrected chi connectivity index (χ0v) is 9.34. The van der Waals surface area contributed by atoms with E-state index >= 15 is 0 Å². The predicted molar refractivity (Wildman–Crippen MR) is 56.3 cm³/mol. The SMILES string of the molecule is C[C@H](NC1CCCCC1(C)C)C(=O)O. The number of carboxylic acid groups (broad SMARTS) is 1. The third-order valence-electron chi connectivity index (χ3n) is 3.33. The quantitative estimate of drug-likeness (QED) is 0.731. The maximum Gasteiger partial charge on any atom is 0.320 e. The van der Waals surface area contributed by atoms with Crippen LogP contribution in [0.1, 0.15) is 46.5 Å². The fourth-order valence-electron chi connectivity index (χ4n) is 2.18. The molecule has 3 heteroatoms. The molecule has 0 radical (unpaired) electrons. The molecule has 1 aliphatic carbocycles. The third-order valence-corrected chi connectivity index (χ3v) is 3.33. The Morgan fingerprint density at radius 3 is 2.64 bits per heavy atom. The number of carbonyl (C=O) groups is 1. The zero-order valence-electron chi connectivity index (χ0n) is 9.34. The molecule has 3 nitrogen and oxygen atoms in total. The molecule has 1 rings (SSSR count). The van der Waals surface area contributed by atoms with E-state index in [1.807, 2.05) is 0 Å². The summed E-state index contributed by atoms with van der Waals surface area (Å²) in [5.41, 5.74) is 0.238. The highest BCUT2D eigenvalue weighted by atomic mass is 16.4. The van der Waals surface area contributed by atoms with Gasteiger partial charge in [0.1, 0.15) is 6.04 Å². The molecule has 0 bridgehead atoms. The highest BCUT2D eigenvalue weighted by Crippen LogP contribution is 2.35. The van der Waals surface area contributed by atoms with Gasteiger partial charge in [0, 0.05) is 6.04 Å². The molecule has 82 valence electrons. The molecular formula is C11H21NO2. The van der Waals surface area contributed by atoms with Crippen LogP contribution < -0.4 is 5.32 Å². The van der Waals surface area contributed by atoms with Gasteiger partial charge in [-0.2, -0.15) is 0 Å². The molecule has 0 aliphatic heterocycles. The summed E-state index contributed by atoms with van der Waals surface area (Å²) in [6, 6.07) is -0.0836. The van der Waals surface area contributed by atoms with Crippen LogP contribution in [0.25, 0.3) is 0 Å². The molecule has 2 atom stereocenters. The summed E-state index contributed by atoms with van der Waals surface area (Å²) in [4.78, 5) is 10.7. The minimum atomic E-state index is -0.758. The van der Waals surface area contributed by atoms with Crippen molar-refractivity contribution in [3.63, 3.8) is 0 Å². The van der Waals surface area contributed by atoms with Crippen LogP contribution in [0, 0.1) is 5.41 Å². The fraction of sp³-hybridized carbons (Fsp3) is 0.909. The zero-order chi connectivity index (χ0) is 10.8. The first-order chi connectivity index (χ1) is 6.43. The number of aliphatic carboxylic acids is 1. The molecule has 1 aliphatic rings. The third kappa shape index (κ3) is 2.71. The number of hydrogen-bond acceptors (Lipinski definition) is 2. The van der Waals surface area contributed by atoms with Crippen molar-refractivity contribution in [2.24, 2.45) is 5.41 Å².